The fourth-order valence-corrected chi connectivity index (χ4v) is 2.33. The molecule has 0 aliphatic heterocycles. The molecule has 0 fully saturated rings. The molecule has 1 rings (SSSR count). The third-order valence-corrected chi connectivity index (χ3v) is 3.98. The number of carbonyl (C=O) groups is 1. The van der Waals surface area contributed by atoms with Crippen molar-refractivity contribution in [3.05, 3.63) is 10.5 Å². The van der Waals surface area contributed by atoms with Crippen molar-refractivity contribution in [3.63, 3.8) is 0 Å². The van der Waals surface area contributed by atoms with Crippen LogP contribution in [0.4, 0.5) is 0 Å². The Kier molecular flexibility index (Phi) is 4.97. The number of hydrogen-bond acceptors (Lipinski definition) is 5. The lowest BCUT2D eigenvalue weighted by Gasteiger charge is -2.26. The number of aromatic nitrogens is 3. The van der Waals surface area contributed by atoms with Gasteiger partial charge in [-0.05, 0) is 19.9 Å². The van der Waals surface area contributed by atoms with E-state index in [4.69, 9.17) is 5.73 Å². The molecule has 18 heavy (non-hydrogen) atoms. The van der Waals surface area contributed by atoms with E-state index in [1.165, 1.54) is 16.3 Å². The molecule has 1 unspecified atom stereocenters. The molecule has 0 spiro atoms. The maximum atomic E-state index is 11.5. The van der Waals surface area contributed by atoms with Crippen molar-refractivity contribution >= 4 is 17.7 Å². The van der Waals surface area contributed by atoms with Crippen LogP contribution in [0.1, 0.15) is 20.3 Å². The summed E-state index contributed by atoms with van der Waals surface area (Å²) in [6.07, 6.45) is 0.911. The van der Waals surface area contributed by atoms with Crippen molar-refractivity contribution in [2.75, 3.05) is 12.3 Å². The number of nitrogens with one attached hydrogen (secondary N) is 2. The molecule has 0 aromatic carbocycles. The van der Waals surface area contributed by atoms with Gasteiger partial charge in [0.1, 0.15) is 5.54 Å². The van der Waals surface area contributed by atoms with Crippen LogP contribution in [0.2, 0.25) is 0 Å². The standard InChI is InChI=1S/C10H19N5O2S/c1-4-5-12-10(2,7(11)16)6-18-9-14-13-8(17)15(9)3/h12H,4-6H2,1-3H3,(H2,11,16)(H,13,17). The van der Waals surface area contributed by atoms with Gasteiger partial charge in [0.15, 0.2) is 5.16 Å². The van der Waals surface area contributed by atoms with Crippen molar-refractivity contribution in [2.45, 2.75) is 31.0 Å². The first kappa shape index (κ1) is 14.8. The SMILES string of the molecule is CCCNC(C)(CSc1n[nH]c(=O)n1C)C(N)=O. The number of aromatic amines is 1. The van der Waals surface area contributed by atoms with Crippen molar-refractivity contribution in [1.29, 1.82) is 0 Å². The van der Waals surface area contributed by atoms with Crippen molar-refractivity contribution in [3.8, 4) is 0 Å². The first-order valence-corrected chi connectivity index (χ1v) is 6.68. The lowest BCUT2D eigenvalue weighted by molar-refractivity contribution is -0.122. The number of carbonyl (C=O) groups excluding carboxylic acids is 1. The molecule has 0 saturated heterocycles. The molecule has 102 valence electrons. The van der Waals surface area contributed by atoms with E-state index in [1.54, 1.807) is 14.0 Å². The van der Waals surface area contributed by atoms with Crippen molar-refractivity contribution < 1.29 is 4.79 Å². The van der Waals surface area contributed by atoms with Gasteiger partial charge in [0.25, 0.3) is 0 Å². The number of H-pyrrole nitrogens is 1. The normalized spacial score (nSPS) is 14.4. The van der Waals surface area contributed by atoms with Gasteiger partial charge in [0, 0.05) is 12.8 Å². The second kappa shape index (κ2) is 6.05. The van der Waals surface area contributed by atoms with E-state index in [9.17, 15) is 9.59 Å². The average molecular weight is 273 g/mol. The monoisotopic (exact) mass is 273 g/mol. The summed E-state index contributed by atoms with van der Waals surface area (Å²) in [6, 6.07) is 0. The number of primary amides is 1. The van der Waals surface area contributed by atoms with Crippen LogP contribution in [-0.4, -0.2) is 38.5 Å². The summed E-state index contributed by atoms with van der Waals surface area (Å²) in [6.45, 7) is 4.47. The summed E-state index contributed by atoms with van der Waals surface area (Å²) in [4.78, 5) is 22.7. The molecule has 1 aromatic rings. The summed E-state index contributed by atoms with van der Waals surface area (Å²) in [5.41, 5.74) is 4.32. The topological polar surface area (TPSA) is 106 Å². The van der Waals surface area contributed by atoms with E-state index in [0.717, 1.165) is 6.42 Å². The van der Waals surface area contributed by atoms with Gasteiger partial charge in [-0.3, -0.25) is 9.36 Å². The van der Waals surface area contributed by atoms with E-state index in [2.05, 4.69) is 15.5 Å². The van der Waals surface area contributed by atoms with Crippen LogP contribution in [-0.2, 0) is 11.8 Å². The Morgan fingerprint density at radius 2 is 2.33 bits per heavy atom. The van der Waals surface area contributed by atoms with Gasteiger partial charge in [0.2, 0.25) is 5.91 Å². The first-order chi connectivity index (χ1) is 8.40. The van der Waals surface area contributed by atoms with Crippen molar-refractivity contribution in [2.24, 2.45) is 12.8 Å². The van der Waals surface area contributed by atoms with E-state index < -0.39 is 11.4 Å². The minimum absolute atomic E-state index is 0.278. The molecule has 1 amide bonds. The lowest BCUT2D eigenvalue weighted by atomic mass is 10.1. The highest BCUT2D eigenvalue weighted by molar-refractivity contribution is 7.99. The third kappa shape index (κ3) is 3.36. The van der Waals surface area contributed by atoms with E-state index >= 15 is 0 Å². The summed E-state index contributed by atoms with van der Waals surface area (Å²) in [7, 11) is 1.62. The highest BCUT2D eigenvalue weighted by atomic mass is 32.2. The van der Waals surface area contributed by atoms with Crippen LogP contribution in [0.15, 0.2) is 9.95 Å². The summed E-state index contributed by atoms with van der Waals surface area (Å²) in [5, 5.41) is 9.87. The molecule has 0 saturated carbocycles. The minimum Gasteiger partial charge on any atom is -0.368 e. The molecule has 1 heterocycles. The number of rotatable bonds is 7. The lowest BCUT2D eigenvalue weighted by Crippen LogP contribution is -2.55. The zero-order valence-corrected chi connectivity index (χ0v) is 11.6. The van der Waals surface area contributed by atoms with Crippen LogP contribution >= 0.6 is 11.8 Å². The highest BCUT2D eigenvalue weighted by Crippen LogP contribution is 2.19. The Balaban J connectivity index is 2.71. The maximum Gasteiger partial charge on any atom is 0.343 e. The van der Waals surface area contributed by atoms with Gasteiger partial charge < -0.3 is 11.1 Å². The van der Waals surface area contributed by atoms with Crippen molar-refractivity contribution in [1.82, 2.24) is 20.1 Å². The number of amides is 1. The second-order valence-electron chi connectivity index (χ2n) is 4.28. The summed E-state index contributed by atoms with van der Waals surface area (Å²) in [5.74, 6) is 0.00415. The summed E-state index contributed by atoms with van der Waals surface area (Å²) < 4.78 is 1.39. The Hall–Kier alpha value is -1.28. The number of thioether (sulfide) groups is 1. The Morgan fingerprint density at radius 3 is 2.78 bits per heavy atom. The number of hydrogen-bond donors (Lipinski definition) is 3. The predicted molar refractivity (Wildman–Crippen MR) is 70.4 cm³/mol. The molecule has 0 aliphatic rings. The van der Waals surface area contributed by atoms with E-state index in [-0.39, 0.29) is 5.69 Å². The van der Waals surface area contributed by atoms with Gasteiger partial charge in [0.05, 0.1) is 0 Å². The van der Waals surface area contributed by atoms with Gasteiger partial charge in [-0.15, -0.1) is 5.10 Å². The zero-order chi connectivity index (χ0) is 13.8. The van der Waals surface area contributed by atoms with Gasteiger partial charge in [-0.2, -0.15) is 0 Å². The quantitative estimate of drug-likeness (QED) is 0.578. The second-order valence-corrected chi connectivity index (χ2v) is 5.22. The molecule has 0 radical (unpaired) electrons. The maximum absolute atomic E-state index is 11.5. The minimum atomic E-state index is -0.810. The highest BCUT2D eigenvalue weighted by Gasteiger charge is 2.30. The Labute approximate surface area is 110 Å². The Bertz CT molecular complexity index is 469. The number of nitrogens with two attached hydrogens (primary N) is 1. The molecule has 1 atom stereocenters. The Morgan fingerprint density at radius 1 is 1.67 bits per heavy atom. The molecule has 7 nitrogen and oxygen atoms in total. The van der Waals surface area contributed by atoms with Crippen LogP contribution < -0.4 is 16.7 Å². The molecule has 0 bridgehead atoms. The largest absolute Gasteiger partial charge is 0.368 e. The molecular weight excluding hydrogens is 254 g/mol. The van der Waals surface area contributed by atoms with Crippen LogP contribution in [0, 0.1) is 0 Å². The smallest absolute Gasteiger partial charge is 0.343 e. The fourth-order valence-electron chi connectivity index (χ4n) is 1.28. The van der Waals surface area contributed by atoms with E-state index in [0.29, 0.717) is 17.5 Å². The van der Waals surface area contributed by atoms with Gasteiger partial charge in [-0.1, -0.05) is 18.7 Å². The first-order valence-electron chi connectivity index (χ1n) is 5.70. The molecule has 8 heteroatoms. The third-order valence-electron chi connectivity index (χ3n) is 2.64. The van der Waals surface area contributed by atoms with Crippen LogP contribution in [0.25, 0.3) is 0 Å². The average Bonchev–Trinajstić information content (AvgIpc) is 2.65. The van der Waals surface area contributed by atoms with Crippen LogP contribution in [0.3, 0.4) is 0 Å². The predicted octanol–water partition coefficient (Wildman–Crippen LogP) is -0.556. The fraction of sp³-hybridized carbons (Fsp3) is 0.700. The van der Waals surface area contributed by atoms with Gasteiger partial charge in [-0.25, -0.2) is 9.89 Å². The molecular formula is C10H19N5O2S. The summed E-state index contributed by atoms with van der Waals surface area (Å²) >= 11 is 1.31. The van der Waals surface area contributed by atoms with E-state index in [1.807, 2.05) is 6.92 Å². The van der Waals surface area contributed by atoms with Gasteiger partial charge >= 0.3 is 5.69 Å². The zero-order valence-electron chi connectivity index (χ0n) is 10.8. The number of nitrogens with zero attached hydrogens (tertiary/aromatic N) is 2. The molecule has 4 N–H and O–H groups in total. The molecule has 0 aliphatic carbocycles. The van der Waals surface area contributed by atoms with Crippen LogP contribution in [0.5, 0.6) is 0 Å². The molecule has 1 aromatic heterocycles.